The van der Waals surface area contributed by atoms with E-state index in [-0.39, 0.29) is 6.17 Å². The number of nitrogens with two attached hydrogens (primary N) is 1. The fraction of sp³-hybridized carbons (Fsp3) is 0.214. The van der Waals surface area contributed by atoms with Crippen LogP contribution >= 0.6 is 11.3 Å². The van der Waals surface area contributed by atoms with Gasteiger partial charge in [-0.05, 0) is 18.6 Å². The lowest BCUT2D eigenvalue weighted by Crippen LogP contribution is -2.31. The first-order chi connectivity index (χ1) is 10.3. The molecule has 7 heteroatoms. The SMILES string of the molecule is CCc1nc([C@@H]2N=C(N)Nc3nc4ccccc4n32)cs1. The van der Waals surface area contributed by atoms with Gasteiger partial charge in [-0.2, -0.15) is 0 Å². The van der Waals surface area contributed by atoms with Gasteiger partial charge in [0.1, 0.15) is 0 Å². The molecule has 0 aliphatic carbocycles. The van der Waals surface area contributed by atoms with E-state index in [9.17, 15) is 0 Å². The quantitative estimate of drug-likeness (QED) is 0.761. The van der Waals surface area contributed by atoms with Gasteiger partial charge in [0, 0.05) is 5.38 Å². The number of guanidine groups is 1. The molecular formula is C14H14N6S. The molecule has 6 nitrogen and oxygen atoms in total. The summed E-state index contributed by atoms with van der Waals surface area (Å²) in [6.45, 7) is 2.10. The Morgan fingerprint density at radius 3 is 3.00 bits per heavy atom. The van der Waals surface area contributed by atoms with Crippen molar-refractivity contribution in [3.8, 4) is 0 Å². The predicted octanol–water partition coefficient (Wildman–Crippen LogP) is 2.34. The molecule has 0 saturated heterocycles. The van der Waals surface area contributed by atoms with Gasteiger partial charge in [0.2, 0.25) is 5.95 Å². The van der Waals surface area contributed by atoms with Gasteiger partial charge in [0.05, 0.1) is 21.7 Å². The zero-order chi connectivity index (χ0) is 14.4. The lowest BCUT2D eigenvalue weighted by molar-refractivity contribution is 0.610. The number of aromatic nitrogens is 3. The van der Waals surface area contributed by atoms with Crippen molar-refractivity contribution >= 4 is 34.3 Å². The topological polar surface area (TPSA) is 81.1 Å². The van der Waals surface area contributed by atoms with Gasteiger partial charge in [-0.3, -0.25) is 9.88 Å². The monoisotopic (exact) mass is 298 g/mol. The maximum absolute atomic E-state index is 5.90. The van der Waals surface area contributed by atoms with Crippen molar-refractivity contribution in [2.75, 3.05) is 5.32 Å². The van der Waals surface area contributed by atoms with Gasteiger partial charge in [-0.1, -0.05) is 19.1 Å². The second-order valence-electron chi connectivity index (χ2n) is 4.83. The molecule has 0 unspecified atom stereocenters. The fourth-order valence-electron chi connectivity index (χ4n) is 2.52. The number of aliphatic imine (C=N–C) groups is 1. The Balaban J connectivity index is 1.93. The van der Waals surface area contributed by atoms with Gasteiger partial charge >= 0.3 is 0 Å². The minimum Gasteiger partial charge on any atom is -0.370 e. The molecule has 1 aromatic carbocycles. The molecule has 0 bridgehead atoms. The van der Waals surface area contributed by atoms with E-state index in [1.165, 1.54) is 0 Å². The van der Waals surface area contributed by atoms with Crippen LogP contribution in [0.2, 0.25) is 0 Å². The zero-order valence-corrected chi connectivity index (χ0v) is 12.3. The normalized spacial score (nSPS) is 17.4. The second kappa shape index (κ2) is 4.56. The summed E-state index contributed by atoms with van der Waals surface area (Å²) in [5.41, 5.74) is 8.75. The highest BCUT2D eigenvalue weighted by Gasteiger charge is 2.26. The van der Waals surface area contributed by atoms with Crippen LogP contribution in [0.5, 0.6) is 0 Å². The summed E-state index contributed by atoms with van der Waals surface area (Å²) >= 11 is 1.65. The van der Waals surface area contributed by atoms with Crippen LogP contribution < -0.4 is 11.1 Å². The van der Waals surface area contributed by atoms with Crippen LogP contribution in [0.4, 0.5) is 5.95 Å². The van der Waals surface area contributed by atoms with Crippen molar-refractivity contribution in [3.05, 3.63) is 40.3 Å². The number of thiazole rings is 1. The third-order valence-corrected chi connectivity index (χ3v) is 4.49. The van der Waals surface area contributed by atoms with E-state index < -0.39 is 0 Å². The minimum atomic E-state index is -0.259. The van der Waals surface area contributed by atoms with E-state index in [4.69, 9.17) is 5.73 Å². The van der Waals surface area contributed by atoms with Crippen LogP contribution in [-0.4, -0.2) is 20.5 Å². The molecule has 0 amide bonds. The third kappa shape index (κ3) is 1.89. The van der Waals surface area contributed by atoms with Crippen molar-refractivity contribution < 1.29 is 0 Å². The summed E-state index contributed by atoms with van der Waals surface area (Å²) in [5.74, 6) is 1.08. The molecule has 1 aliphatic heterocycles. The highest BCUT2D eigenvalue weighted by molar-refractivity contribution is 7.09. The van der Waals surface area contributed by atoms with Crippen LogP contribution in [0.25, 0.3) is 11.0 Å². The van der Waals surface area contributed by atoms with Crippen LogP contribution in [0.1, 0.15) is 23.8 Å². The Kier molecular flexibility index (Phi) is 2.68. The highest BCUT2D eigenvalue weighted by Crippen LogP contribution is 2.32. The fourth-order valence-corrected chi connectivity index (χ4v) is 3.28. The summed E-state index contributed by atoms with van der Waals surface area (Å²) < 4.78 is 2.04. The van der Waals surface area contributed by atoms with Crippen LogP contribution in [0.15, 0.2) is 34.6 Å². The Hall–Kier alpha value is -2.41. The Labute approximate surface area is 125 Å². The molecule has 106 valence electrons. The van der Waals surface area contributed by atoms with Crippen molar-refractivity contribution in [3.63, 3.8) is 0 Å². The van der Waals surface area contributed by atoms with Crippen molar-refractivity contribution in [1.82, 2.24) is 14.5 Å². The maximum atomic E-state index is 5.90. The number of nitrogens with zero attached hydrogens (tertiary/aromatic N) is 4. The molecule has 0 saturated carbocycles. The second-order valence-corrected chi connectivity index (χ2v) is 5.77. The number of imidazole rings is 1. The van der Waals surface area contributed by atoms with Crippen molar-refractivity contribution in [1.29, 1.82) is 0 Å². The average Bonchev–Trinajstić information content (AvgIpc) is 3.10. The Morgan fingerprint density at radius 1 is 1.33 bits per heavy atom. The predicted molar refractivity (Wildman–Crippen MR) is 84.6 cm³/mol. The number of hydrogen-bond acceptors (Lipinski definition) is 6. The van der Waals surface area contributed by atoms with Crippen LogP contribution in [-0.2, 0) is 6.42 Å². The van der Waals surface area contributed by atoms with Crippen molar-refractivity contribution in [2.45, 2.75) is 19.5 Å². The number of rotatable bonds is 2. The minimum absolute atomic E-state index is 0.259. The Morgan fingerprint density at radius 2 is 2.19 bits per heavy atom. The van der Waals surface area contributed by atoms with Gasteiger partial charge in [-0.25, -0.2) is 15.0 Å². The van der Waals surface area contributed by atoms with Gasteiger partial charge in [-0.15, -0.1) is 11.3 Å². The molecule has 0 spiro atoms. The number of nitrogens with one attached hydrogen (secondary N) is 1. The molecule has 21 heavy (non-hydrogen) atoms. The number of aryl methyl sites for hydroxylation is 1. The first kappa shape index (κ1) is 12.3. The number of para-hydroxylation sites is 2. The van der Waals surface area contributed by atoms with E-state index in [2.05, 4.69) is 27.2 Å². The summed E-state index contributed by atoms with van der Waals surface area (Å²) in [4.78, 5) is 13.7. The van der Waals surface area contributed by atoms with Gasteiger partial charge < -0.3 is 5.73 Å². The molecule has 1 aliphatic rings. The number of fused-ring (bicyclic) bond motifs is 3. The maximum Gasteiger partial charge on any atom is 0.212 e. The first-order valence-corrected chi connectivity index (χ1v) is 7.66. The van der Waals surface area contributed by atoms with E-state index in [1.807, 2.05) is 34.2 Å². The lowest BCUT2D eigenvalue weighted by Gasteiger charge is -2.22. The zero-order valence-electron chi connectivity index (χ0n) is 11.4. The average molecular weight is 298 g/mol. The molecule has 0 fully saturated rings. The van der Waals surface area contributed by atoms with E-state index in [1.54, 1.807) is 11.3 Å². The third-order valence-electron chi connectivity index (χ3n) is 3.48. The van der Waals surface area contributed by atoms with Crippen molar-refractivity contribution in [2.24, 2.45) is 10.7 Å². The molecule has 4 rings (SSSR count). The number of anilines is 1. The largest absolute Gasteiger partial charge is 0.370 e. The summed E-state index contributed by atoms with van der Waals surface area (Å²) in [6.07, 6.45) is 0.664. The molecule has 2 aromatic heterocycles. The smallest absolute Gasteiger partial charge is 0.212 e. The number of benzene rings is 1. The van der Waals surface area contributed by atoms with E-state index in [0.717, 1.165) is 28.2 Å². The molecular weight excluding hydrogens is 284 g/mol. The molecule has 0 radical (unpaired) electrons. The lowest BCUT2D eigenvalue weighted by atomic mass is 10.3. The van der Waals surface area contributed by atoms with E-state index in [0.29, 0.717) is 11.9 Å². The molecule has 3 aromatic rings. The van der Waals surface area contributed by atoms with Gasteiger partial charge in [0.25, 0.3) is 0 Å². The van der Waals surface area contributed by atoms with Gasteiger partial charge in [0.15, 0.2) is 12.1 Å². The summed E-state index contributed by atoms with van der Waals surface area (Å²) in [7, 11) is 0. The molecule has 3 heterocycles. The van der Waals surface area contributed by atoms with E-state index >= 15 is 0 Å². The first-order valence-electron chi connectivity index (χ1n) is 6.78. The van der Waals surface area contributed by atoms with Crippen LogP contribution in [0, 0.1) is 0 Å². The Bertz CT molecular complexity index is 846. The summed E-state index contributed by atoms with van der Waals surface area (Å²) in [6, 6.07) is 7.98. The number of hydrogen-bond donors (Lipinski definition) is 2. The standard InChI is InChI=1S/C14H14N6S/c1-2-11-16-9(7-21-11)12-18-13(15)19-14-17-8-5-3-4-6-10(8)20(12)14/h3-7,12H,2H2,1H3,(H3,15,17,18,19)/t12-/m1/s1. The summed E-state index contributed by atoms with van der Waals surface area (Å²) in [5, 5.41) is 6.17. The highest BCUT2D eigenvalue weighted by atomic mass is 32.1. The molecule has 3 N–H and O–H groups in total. The van der Waals surface area contributed by atoms with Crippen LogP contribution in [0.3, 0.4) is 0 Å². The molecule has 1 atom stereocenters.